The summed E-state index contributed by atoms with van der Waals surface area (Å²) in [5.41, 5.74) is 4.08. The van der Waals surface area contributed by atoms with Gasteiger partial charge in [-0.25, -0.2) is 9.97 Å². The van der Waals surface area contributed by atoms with Crippen LogP contribution in [0, 0.1) is 0 Å². The number of nitrogens with zero attached hydrogens (tertiary/aromatic N) is 4. The zero-order valence-electron chi connectivity index (χ0n) is 18.2. The van der Waals surface area contributed by atoms with E-state index in [1.807, 2.05) is 24.3 Å². The molecule has 1 N–H and O–H groups in total. The molecule has 1 atom stereocenters. The lowest BCUT2D eigenvalue weighted by molar-refractivity contribution is 0.0965. The number of ether oxygens (including phenoxy) is 1. The fraction of sp³-hybridized carbons (Fsp3) is 0.320. The second kappa shape index (κ2) is 8.96. The van der Waals surface area contributed by atoms with E-state index < -0.39 is 0 Å². The number of anilines is 1. The summed E-state index contributed by atoms with van der Waals surface area (Å²) in [6.45, 7) is 7.22. The van der Waals surface area contributed by atoms with Gasteiger partial charge >= 0.3 is 0 Å². The highest BCUT2D eigenvalue weighted by molar-refractivity contribution is 5.99. The SMILES string of the molecule is C[C@H](c1ccc(COc2cccc3c2CNC3=O)cc1)N1CCN(c2ccncn2)CC1. The van der Waals surface area contributed by atoms with E-state index in [1.165, 1.54) is 5.56 Å². The predicted molar refractivity (Wildman–Crippen MR) is 123 cm³/mol. The minimum absolute atomic E-state index is 0.0262. The van der Waals surface area contributed by atoms with Gasteiger partial charge in [0, 0.05) is 56.1 Å². The Morgan fingerprint density at radius 2 is 1.88 bits per heavy atom. The van der Waals surface area contributed by atoms with Gasteiger partial charge in [0.25, 0.3) is 5.91 Å². The topological polar surface area (TPSA) is 70.6 Å². The van der Waals surface area contributed by atoms with Crippen molar-refractivity contribution >= 4 is 11.7 Å². The second-order valence-corrected chi connectivity index (χ2v) is 8.26. The molecule has 5 rings (SSSR count). The van der Waals surface area contributed by atoms with Crippen LogP contribution in [0.1, 0.15) is 40.0 Å². The van der Waals surface area contributed by atoms with Gasteiger partial charge in [0.2, 0.25) is 0 Å². The largest absolute Gasteiger partial charge is 0.489 e. The van der Waals surface area contributed by atoms with Gasteiger partial charge in [0.15, 0.2) is 0 Å². The smallest absolute Gasteiger partial charge is 0.252 e. The summed E-state index contributed by atoms with van der Waals surface area (Å²) in [5, 5.41) is 2.85. The fourth-order valence-electron chi connectivity index (χ4n) is 4.43. The van der Waals surface area contributed by atoms with Crippen LogP contribution in [0.2, 0.25) is 0 Å². The number of benzene rings is 2. The van der Waals surface area contributed by atoms with E-state index in [-0.39, 0.29) is 5.91 Å². The fourth-order valence-corrected chi connectivity index (χ4v) is 4.43. The molecule has 1 aromatic heterocycles. The molecule has 0 aliphatic carbocycles. The van der Waals surface area contributed by atoms with Crippen LogP contribution in [-0.4, -0.2) is 47.0 Å². The normalized spacial score (nSPS) is 17.0. The summed E-state index contributed by atoms with van der Waals surface area (Å²) in [7, 11) is 0. The molecule has 2 aliphatic heterocycles. The summed E-state index contributed by atoms with van der Waals surface area (Å²) < 4.78 is 6.04. The van der Waals surface area contributed by atoms with Gasteiger partial charge in [-0.15, -0.1) is 0 Å². The summed E-state index contributed by atoms with van der Waals surface area (Å²) in [4.78, 5) is 25.0. The Morgan fingerprint density at radius 1 is 1.06 bits per heavy atom. The van der Waals surface area contributed by atoms with Crippen LogP contribution in [0.25, 0.3) is 0 Å². The molecule has 7 nitrogen and oxygen atoms in total. The Labute approximate surface area is 188 Å². The Morgan fingerprint density at radius 3 is 2.62 bits per heavy atom. The predicted octanol–water partition coefficient (Wildman–Crippen LogP) is 3.18. The average Bonchev–Trinajstić information content (AvgIpc) is 3.24. The summed E-state index contributed by atoms with van der Waals surface area (Å²) in [6, 6.07) is 16.6. The van der Waals surface area contributed by atoms with Gasteiger partial charge in [-0.1, -0.05) is 30.3 Å². The van der Waals surface area contributed by atoms with Gasteiger partial charge in [-0.2, -0.15) is 0 Å². The molecule has 164 valence electrons. The maximum absolute atomic E-state index is 11.8. The molecule has 2 aromatic carbocycles. The maximum atomic E-state index is 11.8. The van der Waals surface area contributed by atoms with Crippen molar-refractivity contribution in [3.8, 4) is 5.75 Å². The lowest BCUT2D eigenvalue weighted by Crippen LogP contribution is -2.47. The number of rotatable bonds is 6. The second-order valence-electron chi connectivity index (χ2n) is 8.26. The standard InChI is InChI=1S/C25H27N5O2/c1-18(29-11-13-30(14-12-29)24-9-10-26-17-28-24)20-7-5-19(6-8-20)16-32-23-4-2-3-21-22(23)15-27-25(21)31/h2-10,17-18H,11-16H2,1H3,(H,27,31)/t18-/m1/s1. The van der Waals surface area contributed by atoms with E-state index in [4.69, 9.17) is 4.74 Å². The lowest BCUT2D eigenvalue weighted by atomic mass is 10.0. The van der Waals surface area contributed by atoms with Gasteiger partial charge in [-0.3, -0.25) is 9.69 Å². The van der Waals surface area contributed by atoms with Gasteiger partial charge in [0.1, 0.15) is 24.5 Å². The Hall–Kier alpha value is -3.45. The zero-order chi connectivity index (χ0) is 21.9. The van der Waals surface area contributed by atoms with Gasteiger partial charge < -0.3 is 15.0 Å². The first-order chi connectivity index (χ1) is 15.7. The average molecular weight is 430 g/mol. The Bertz CT molecular complexity index is 1080. The van der Waals surface area contributed by atoms with Crippen molar-refractivity contribution in [2.45, 2.75) is 26.1 Å². The molecule has 7 heteroatoms. The first kappa shape index (κ1) is 20.5. The third-order valence-electron chi connectivity index (χ3n) is 6.41. The first-order valence-corrected chi connectivity index (χ1v) is 11.1. The van der Waals surface area contributed by atoms with Gasteiger partial charge in [-0.05, 0) is 36.2 Å². The number of carbonyl (C=O) groups excluding carboxylic acids is 1. The molecule has 1 fully saturated rings. The molecule has 32 heavy (non-hydrogen) atoms. The maximum Gasteiger partial charge on any atom is 0.252 e. The third-order valence-corrected chi connectivity index (χ3v) is 6.41. The first-order valence-electron chi connectivity index (χ1n) is 11.1. The highest BCUT2D eigenvalue weighted by Crippen LogP contribution is 2.28. The number of piperazine rings is 1. The van der Waals surface area contributed by atoms with Crippen molar-refractivity contribution in [2.24, 2.45) is 0 Å². The van der Waals surface area contributed by atoms with E-state index >= 15 is 0 Å². The van der Waals surface area contributed by atoms with E-state index in [0.29, 0.717) is 24.8 Å². The number of amides is 1. The van der Waals surface area contributed by atoms with Crippen LogP contribution in [0.15, 0.2) is 61.1 Å². The molecule has 1 amide bonds. The molecule has 0 radical (unpaired) electrons. The lowest BCUT2D eigenvalue weighted by Gasteiger charge is -2.38. The van der Waals surface area contributed by atoms with Crippen LogP contribution in [0.3, 0.4) is 0 Å². The number of carbonyl (C=O) groups is 1. The Kier molecular flexibility index (Phi) is 5.73. The molecule has 0 bridgehead atoms. The van der Waals surface area contributed by atoms with Crippen molar-refractivity contribution in [3.63, 3.8) is 0 Å². The number of fused-ring (bicyclic) bond motifs is 1. The van der Waals surface area contributed by atoms with Crippen molar-refractivity contribution < 1.29 is 9.53 Å². The summed E-state index contributed by atoms with van der Waals surface area (Å²) in [5.74, 6) is 1.75. The number of aromatic nitrogens is 2. The highest BCUT2D eigenvalue weighted by Gasteiger charge is 2.23. The molecule has 3 heterocycles. The van der Waals surface area contributed by atoms with Crippen LogP contribution in [0.5, 0.6) is 5.75 Å². The Balaban J connectivity index is 1.17. The molecule has 2 aliphatic rings. The number of nitrogens with one attached hydrogen (secondary N) is 1. The molecule has 0 unspecified atom stereocenters. The molecule has 0 saturated carbocycles. The quantitative estimate of drug-likeness (QED) is 0.649. The van der Waals surface area contributed by atoms with Crippen LogP contribution < -0.4 is 15.0 Å². The van der Waals surface area contributed by atoms with E-state index in [2.05, 4.69) is 56.3 Å². The van der Waals surface area contributed by atoms with Crippen LogP contribution in [0.4, 0.5) is 5.82 Å². The van der Waals surface area contributed by atoms with E-state index in [0.717, 1.165) is 48.9 Å². The van der Waals surface area contributed by atoms with Gasteiger partial charge in [0.05, 0.1) is 0 Å². The molecule has 1 saturated heterocycles. The third kappa shape index (κ3) is 4.16. The minimum Gasteiger partial charge on any atom is -0.489 e. The molecular weight excluding hydrogens is 402 g/mol. The number of hydrogen-bond donors (Lipinski definition) is 1. The molecule has 0 spiro atoms. The monoisotopic (exact) mass is 429 g/mol. The highest BCUT2D eigenvalue weighted by atomic mass is 16.5. The molecule has 3 aromatic rings. The number of hydrogen-bond acceptors (Lipinski definition) is 6. The zero-order valence-corrected chi connectivity index (χ0v) is 18.2. The van der Waals surface area contributed by atoms with Crippen molar-refractivity contribution in [3.05, 3.63) is 83.3 Å². The van der Waals surface area contributed by atoms with E-state index in [9.17, 15) is 4.79 Å². The van der Waals surface area contributed by atoms with Crippen molar-refractivity contribution in [1.82, 2.24) is 20.2 Å². The molecular formula is C25H27N5O2. The van der Waals surface area contributed by atoms with Crippen LogP contribution >= 0.6 is 0 Å². The summed E-state index contributed by atoms with van der Waals surface area (Å²) >= 11 is 0. The van der Waals surface area contributed by atoms with E-state index in [1.54, 1.807) is 12.5 Å². The minimum atomic E-state index is -0.0262. The summed E-state index contributed by atoms with van der Waals surface area (Å²) in [6.07, 6.45) is 3.40. The van der Waals surface area contributed by atoms with Crippen molar-refractivity contribution in [1.29, 1.82) is 0 Å². The van der Waals surface area contributed by atoms with Crippen LogP contribution in [-0.2, 0) is 13.2 Å². The van der Waals surface area contributed by atoms with Crippen molar-refractivity contribution in [2.75, 3.05) is 31.1 Å².